The zero-order valence-electron chi connectivity index (χ0n) is 17.3. The Hall–Kier alpha value is -3.58. The predicted molar refractivity (Wildman–Crippen MR) is 119 cm³/mol. The molecule has 7 nitrogen and oxygen atoms in total. The number of esters is 1. The summed E-state index contributed by atoms with van der Waals surface area (Å²) in [6.07, 6.45) is 1.68. The van der Waals surface area contributed by atoms with Gasteiger partial charge in [0.1, 0.15) is 11.8 Å². The van der Waals surface area contributed by atoms with Crippen LogP contribution in [0.2, 0.25) is 5.15 Å². The number of hydrogen-bond donors (Lipinski definition) is 0. The van der Waals surface area contributed by atoms with E-state index in [0.29, 0.717) is 16.5 Å². The van der Waals surface area contributed by atoms with E-state index < -0.39 is 5.97 Å². The molecule has 0 atom stereocenters. The normalized spacial score (nSPS) is 11.7. The van der Waals surface area contributed by atoms with E-state index in [1.54, 1.807) is 13.0 Å². The lowest BCUT2D eigenvalue weighted by Crippen LogP contribution is -2.15. The predicted octanol–water partition coefficient (Wildman–Crippen LogP) is 4.54. The Morgan fingerprint density at radius 2 is 1.90 bits per heavy atom. The zero-order valence-corrected chi connectivity index (χ0v) is 18.1. The van der Waals surface area contributed by atoms with E-state index in [2.05, 4.69) is 20.5 Å². The molecule has 0 bridgehead atoms. The molecule has 4 rings (SSSR count). The van der Waals surface area contributed by atoms with Crippen LogP contribution in [0.4, 0.5) is 0 Å². The Bertz CT molecular complexity index is 1300. The molecular weight excluding hydrogens is 414 g/mol. The molecule has 0 N–H and O–H groups in total. The summed E-state index contributed by atoms with van der Waals surface area (Å²) in [5, 5.41) is 12.7. The molecule has 0 saturated heterocycles. The maximum absolute atomic E-state index is 13.0. The minimum absolute atomic E-state index is 0.0270. The van der Waals surface area contributed by atoms with E-state index in [1.807, 2.05) is 62.4 Å². The Morgan fingerprint density at radius 3 is 2.61 bits per heavy atom. The number of carbonyl (C=O) groups excluding carboxylic acids is 1. The van der Waals surface area contributed by atoms with Crippen molar-refractivity contribution in [2.45, 2.75) is 27.4 Å². The van der Waals surface area contributed by atoms with Crippen molar-refractivity contribution >= 4 is 40.2 Å². The first-order valence-electron chi connectivity index (χ1n) is 9.68. The highest BCUT2D eigenvalue weighted by Crippen LogP contribution is 2.26. The van der Waals surface area contributed by atoms with Gasteiger partial charge in [0, 0.05) is 10.9 Å². The minimum Gasteiger partial charge on any atom is -0.456 e. The average Bonchev–Trinajstić information content (AvgIpc) is 3.20. The van der Waals surface area contributed by atoms with Gasteiger partial charge in [0.15, 0.2) is 11.5 Å². The van der Waals surface area contributed by atoms with Gasteiger partial charge in [-0.05, 0) is 60.0 Å². The van der Waals surface area contributed by atoms with Crippen LogP contribution in [-0.2, 0) is 16.1 Å². The number of aryl methyl sites for hydroxylation is 3. The van der Waals surface area contributed by atoms with Crippen molar-refractivity contribution in [1.29, 1.82) is 0 Å². The Balaban J connectivity index is 1.63. The van der Waals surface area contributed by atoms with Crippen molar-refractivity contribution in [1.82, 2.24) is 25.2 Å². The summed E-state index contributed by atoms with van der Waals surface area (Å²) in [6.45, 7) is 5.72. The first kappa shape index (κ1) is 20.7. The second kappa shape index (κ2) is 8.65. The van der Waals surface area contributed by atoms with Gasteiger partial charge in [-0.3, -0.25) is 0 Å². The molecule has 2 aromatic carbocycles. The van der Waals surface area contributed by atoms with Gasteiger partial charge in [-0.25, -0.2) is 9.78 Å². The number of hydrogen-bond acceptors (Lipinski definition) is 6. The van der Waals surface area contributed by atoms with Crippen LogP contribution in [0, 0.1) is 20.8 Å². The van der Waals surface area contributed by atoms with Crippen LogP contribution in [0.25, 0.3) is 22.7 Å². The van der Waals surface area contributed by atoms with Crippen molar-refractivity contribution < 1.29 is 9.53 Å². The summed E-state index contributed by atoms with van der Waals surface area (Å²) in [5.74, 6) is -0.106. The summed E-state index contributed by atoms with van der Waals surface area (Å²) in [4.78, 5) is 17.5. The molecule has 0 unspecified atom stereocenters. The van der Waals surface area contributed by atoms with Gasteiger partial charge in [0.05, 0.1) is 5.52 Å². The van der Waals surface area contributed by atoms with Gasteiger partial charge in [-0.2, -0.15) is 4.68 Å². The van der Waals surface area contributed by atoms with Gasteiger partial charge in [0.2, 0.25) is 0 Å². The summed E-state index contributed by atoms with van der Waals surface area (Å²) in [6, 6.07) is 15.3. The van der Waals surface area contributed by atoms with Crippen molar-refractivity contribution in [3.8, 4) is 0 Å². The maximum atomic E-state index is 13.0. The summed E-state index contributed by atoms with van der Waals surface area (Å²) in [7, 11) is 0. The molecule has 0 spiro atoms. The fourth-order valence-electron chi connectivity index (χ4n) is 3.19. The van der Waals surface area contributed by atoms with E-state index >= 15 is 0 Å². The van der Waals surface area contributed by atoms with Gasteiger partial charge in [0.25, 0.3) is 0 Å². The van der Waals surface area contributed by atoms with Gasteiger partial charge >= 0.3 is 5.97 Å². The highest BCUT2D eigenvalue weighted by Gasteiger charge is 2.19. The summed E-state index contributed by atoms with van der Waals surface area (Å²) >= 11 is 6.39. The second-order valence-electron chi connectivity index (χ2n) is 7.17. The molecule has 0 fully saturated rings. The zero-order chi connectivity index (χ0) is 22.0. The van der Waals surface area contributed by atoms with Crippen LogP contribution in [0.15, 0.2) is 48.5 Å². The average molecular weight is 434 g/mol. The Morgan fingerprint density at radius 1 is 1.13 bits per heavy atom. The molecule has 0 aliphatic carbocycles. The summed E-state index contributed by atoms with van der Waals surface area (Å²) < 4.78 is 6.93. The first-order valence-corrected chi connectivity index (χ1v) is 10.1. The molecule has 31 heavy (non-hydrogen) atoms. The van der Waals surface area contributed by atoms with Gasteiger partial charge in [-0.15, -0.1) is 5.10 Å². The lowest BCUT2D eigenvalue weighted by atomic mass is 10.0. The van der Waals surface area contributed by atoms with Crippen LogP contribution in [0.1, 0.15) is 28.1 Å². The molecule has 2 aromatic heterocycles. The number of nitrogens with zero attached hydrogens (tertiary/aromatic N) is 5. The van der Waals surface area contributed by atoms with E-state index in [1.165, 1.54) is 4.68 Å². The largest absolute Gasteiger partial charge is 0.456 e. The van der Waals surface area contributed by atoms with Crippen LogP contribution >= 0.6 is 11.6 Å². The fraction of sp³-hybridized carbons (Fsp3) is 0.174. The first-order chi connectivity index (χ1) is 14.9. The van der Waals surface area contributed by atoms with Crippen molar-refractivity contribution in [2.24, 2.45) is 0 Å². The molecule has 156 valence electrons. The number of fused-ring (bicyclic) bond motifs is 1. The Kier molecular flexibility index (Phi) is 5.77. The number of ether oxygens (including phenoxy) is 1. The van der Waals surface area contributed by atoms with E-state index in [4.69, 9.17) is 16.3 Å². The van der Waals surface area contributed by atoms with Crippen LogP contribution in [0.3, 0.4) is 0 Å². The summed E-state index contributed by atoms with van der Waals surface area (Å²) in [5.41, 5.74) is 4.70. The topological polar surface area (TPSA) is 82.8 Å². The maximum Gasteiger partial charge on any atom is 0.357 e. The van der Waals surface area contributed by atoms with Crippen LogP contribution in [-0.4, -0.2) is 31.2 Å². The van der Waals surface area contributed by atoms with Crippen molar-refractivity contribution in [3.05, 3.63) is 81.8 Å². The second-order valence-corrected chi connectivity index (χ2v) is 7.53. The molecule has 0 aliphatic heterocycles. The molecule has 0 saturated carbocycles. The third kappa shape index (κ3) is 4.32. The number of rotatable bonds is 5. The van der Waals surface area contributed by atoms with E-state index in [0.717, 1.165) is 27.6 Å². The van der Waals surface area contributed by atoms with Gasteiger partial charge in [-0.1, -0.05) is 54.1 Å². The lowest BCUT2D eigenvalue weighted by Gasteiger charge is -2.12. The third-order valence-corrected chi connectivity index (χ3v) is 5.39. The molecule has 0 amide bonds. The molecular formula is C23H20ClN5O2. The molecule has 8 heteroatoms. The van der Waals surface area contributed by atoms with Crippen LogP contribution in [0.5, 0.6) is 0 Å². The molecule has 4 aromatic rings. The van der Waals surface area contributed by atoms with E-state index in [9.17, 15) is 4.79 Å². The standard InChI is InChI=1S/C23H20ClN5O2/c1-14-9-10-18-12-19(22(24)25-21(18)15(14)2)13-31-23(30)20(29-16(3)26-27-28-29)11-17-7-5-4-6-8-17/h4-12H,13H2,1-3H3/b20-11-. The minimum atomic E-state index is -0.574. The van der Waals surface area contributed by atoms with Gasteiger partial charge < -0.3 is 4.74 Å². The molecule has 0 aliphatic rings. The van der Waals surface area contributed by atoms with Crippen LogP contribution < -0.4 is 0 Å². The SMILES string of the molecule is Cc1ccc2cc(COC(=O)/C(=C/c3ccccc3)n3nnnc3C)c(Cl)nc2c1C. The van der Waals surface area contributed by atoms with Crippen molar-refractivity contribution in [2.75, 3.05) is 0 Å². The lowest BCUT2D eigenvalue weighted by molar-refractivity contribution is -0.138. The molecule has 0 radical (unpaired) electrons. The smallest absolute Gasteiger partial charge is 0.357 e. The number of carbonyl (C=O) groups is 1. The third-order valence-electron chi connectivity index (χ3n) is 5.06. The Labute approximate surface area is 184 Å². The monoisotopic (exact) mass is 433 g/mol. The highest BCUT2D eigenvalue weighted by molar-refractivity contribution is 6.30. The highest BCUT2D eigenvalue weighted by atomic mass is 35.5. The quantitative estimate of drug-likeness (QED) is 0.261. The van der Waals surface area contributed by atoms with Crippen molar-refractivity contribution in [3.63, 3.8) is 0 Å². The number of halogens is 1. The van der Waals surface area contributed by atoms with E-state index in [-0.39, 0.29) is 12.3 Å². The molecule has 2 heterocycles. The fourth-order valence-corrected chi connectivity index (χ4v) is 3.38. The number of aromatic nitrogens is 5. The number of pyridine rings is 1. The number of tetrazole rings is 1. The number of benzene rings is 2.